The van der Waals surface area contributed by atoms with Crippen LogP contribution in [-0.2, 0) is 0 Å². The molecule has 0 N–H and O–H groups in total. The van der Waals surface area contributed by atoms with E-state index in [0.717, 1.165) is 22.7 Å². The van der Waals surface area contributed by atoms with Gasteiger partial charge in [-0.3, -0.25) is 0 Å². The Morgan fingerprint density at radius 2 is 0.742 bits per heavy atom. The molecule has 0 amide bonds. The Kier molecular flexibility index (Phi) is 9.57. The molecule has 1 heterocycles. The number of benzene rings is 10. The fraction of sp³-hybridized carbons (Fsp3) is 0. The van der Waals surface area contributed by atoms with E-state index in [1.165, 1.54) is 77.4 Å². The molecule has 292 valence electrons. The second kappa shape index (κ2) is 16.1. The molecular weight excluding hydrogens is 749 g/mol. The summed E-state index contributed by atoms with van der Waals surface area (Å²) in [4.78, 5) is 2.38. The molecule has 0 unspecified atom stereocenters. The van der Waals surface area contributed by atoms with Gasteiger partial charge in [-0.2, -0.15) is 0 Å². The highest BCUT2D eigenvalue weighted by Crippen LogP contribution is 2.43. The van der Waals surface area contributed by atoms with E-state index in [4.69, 9.17) is 0 Å². The Labute approximate surface area is 362 Å². The lowest BCUT2D eigenvalue weighted by Crippen LogP contribution is -2.10. The maximum absolute atomic E-state index is 2.39. The van der Waals surface area contributed by atoms with Crippen molar-refractivity contribution in [2.24, 2.45) is 0 Å². The van der Waals surface area contributed by atoms with Gasteiger partial charge in [0.25, 0.3) is 0 Å². The van der Waals surface area contributed by atoms with Crippen LogP contribution in [0.2, 0.25) is 0 Å². The molecule has 10 aromatic carbocycles. The molecule has 11 aromatic rings. The van der Waals surface area contributed by atoms with Crippen molar-refractivity contribution in [1.82, 2.24) is 4.57 Å². The van der Waals surface area contributed by atoms with Crippen LogP contribution in [0.25, 0.3) is 83.1 Å². The van der Waals surface area contributed by atoms with Gasteiger partial charge in [-0.1, -0.05) is 188 Å². The first-order valence-electron chi connectivity index (χ1n) is 21.3. The van der Waals surface area contributed by atoms with Crippen LogP contribution in [-0.4, -0.2) is 4.57 Å². The van der Waals surface area contributed by atoms with Crippen molar-refractivity contribution in [3.63, 3.8) is 0 Å². The second-order valence-electron chi connectivity index (χ2n) is 15.7. The minimum atomic E-state index is 1.08. The number of hydrogen-bond donors (Lipinski definition) is 0. The van der Waals surface area contributed by atoms with Gasteiger partial charge in [-0.05, 0) is 122 Å². The van der Waals surface area contributed by atoms with Gasteiger partial charge in [0.15, 0.2) is 0 Å². The Morgan fingerprint density at radius 3 is 1.40 bits per heavy atom. The molecule has 0 aliphatic carbocycles. The summed E-state index contributed by atoms with van der Waals surface area (Å²) in [7, 11) is 0. The SMILES string of the molecule is c1ccc(-c2ccc(N(c3ccc(-c4ccc(-c5ccccc5)c(-c5ccccc5)c4)cc3)c3cccc(-c4cccc5c4c4ccccc4n5-c4ccccc4)c3)cc2)cc1. The average Bonchev–Trinajstić information content (AvgIpc) is 3.70. The third-order valence-electron chi connectivity index (χ3n) is 12.0. The smallest absolute Gasteiger partial charge is 0.0547 e. The van der Waals surface area contributed by atoms with Gasteiger partial charge in [-0.15, -0.1) is 0 Å². The van der Waals surface area contributed by atoms with Crippen LogP contribution in [0.4, 0.5) is 17.1 Å². The molecule has 0 aliphatic heterocycles. The van der Waals surface area contributed by atoms with Gasteiger partial charge >= 0.3 is 0 Å². The van der Waals surface area contributed by atoms with Crippen molar-refractivity contribution in [2.45, 2.75) is 0 Å². The lowest BCUT2D eigenvalue weighted by atomic mass is 9.91. The van der Waals surface area contributed by atoms with E-state index < -0.39 is 0 Å². The highest BCUT2D eigenvalue weighted by atomic mass is 15.1. The Bertz CT molecular complexity index is 3300. The fourth-order valence-corrected chi connectivity index (χ4v) is 9.06. The van der Waals surface area contributed by atoms with Crippen LogP contribution in [0.3, 0.4) is 0 Å². The van der Waals surface area contributed by atoms with E-state index in [-0.39, 0.29) is 0 Å². The van der Waals surface area contributed by atoms with Gasteiger partial charge in [0.05, 0.1) is 11.0 Å². The van der Waals surface area contributed by atoms with Crippen LogP contribution in [0.1, 0.15) is 0 Å². The lowest BCUT2D eigenvalue weighted by molar-refractivity contribution is 1.18. The molecule has 0 fully saturated rings. The van der Waals surface area contributed by atoms with E-state index in [0.29, 0.717) is 0 Å². The third kappa shape index (κ3) is 6.84. The minimum absolute atomic E-state index is 1.08. The van der Waals surface area contributed by atoms with Gasteiger partial charge in [0.1, 0.15) is 0 Å². The van der Waals surface area contributed by atoms with Crippen LogP contribution in [0.5, 0.6) is 0 Å². The largest absolute Gasteiger partial charge is 0.310 e. The van der Waals surface area contributed by atoms with Gasteiger partial charge in [0.2, 0.25) is 0 Å². The van der Waals surface area contributed by atoms with Crippen molar-refractivity contribution >= 4 is 38.9 Å². The first-order valence-corrected chi connectivity index (χ1v) is 21.3. The predicted molar refractivity (Wildman–Crippen MR) is 263 cm³/mol. The third-order valence-corrected chi connectivity index (χ3v) is 12.0. The van der Waals surface area contributed by atoms with E-state index in [9.17, 15) is 0 Å². The number of aromatic nitrogens is 1. The molecule has 0 spiro atoms. The van der Waals surface area contributed by atoms with Gasteiger partial charge in [0, 0.05) is 33.5 Å². The molecule has 0 aliphatic rings. The van der Waals surface area contributed by atoms with Gasteiger partial charge < -0.3 is 9.47 Å². The summed E-state index contributed by atoms with van der Waals surface area (Å²) in [6.07, 6.45) is 0. The normalized spacial score (nSPS) is 11.2. The molecule has 0 saturated carbocycles. The van der Waals surface area contributed by atoms with E-state index in [1.807, 2.05) is 0 Å². The predicted octanol–water partition coefficient (Wildman–Crippen LogP) is 16.6. The number of para-hydroxylation sites is 2. The monoisotopic (exact) mass is 790 g/mol. The van der Waals surface area contributed by atoms with Crippen LogP contribution in [0.15, 0.2) is 255 Å². The first-order chi connectivity index (χ1) is 30.8. The van der Waals surface area contributed by atoms with E-state index in [2.05, 4.69) is 264 Å². The number of rotatable bonds is 9. The number of hydrogen-bond acceptors (Lipinski definition) is 1. The summed E-state index contributed by atoms with van der Waals surface area (Å²) in [5, 5.41) is 2.49. The molecule has 1 aromatic heterocycles. The van der Waals surface area contributed by atoms with Crippen LogP contribution in [0, 0.1) is 0 Å². The molecule has 0 atom stereocenters. The highest BCUT2D eigenvalue weighted by Gasteiger charge is 2.19. The molecule has 62 heavy (non-hydrogen) atoms. The van der Waals surface area contributed by atoms with E-state index >= 15 is 0 Å². The Morgan fingerprint density at radius 1 is 0.258 bits per heavy atom. The zero-order chi connectivity index (χ0) is 41.2. The van der Waals surface area contributed by atoms with Crippen molar-refractivity contribution < 1.29 is 0 Å². The van der Waals surface area contributed by atoms with Crippen LogP contribution >= 0.6 is 0 Å². The molecule has 0 bridgehead atoms. The summed E-state index contributed by atoms with van der Waals surface area (Å²) >= 11 is 0. The van der Waals surface area contributed by atoms with E-state index in [1.54, 1.807) is 0 Å². The standard InChI is InChI=1S/C60H42N2/c1-5-17-43(18-6-1)44-31-36-51(37-32-44)61(52-38-33-45(34-39-52)48-35-40-54(46-19-7-2-8-20-46)57(42-48)47-21-9-3-10-22-47)53-26-15-23-49(41-53)55-28-16-30-59-60(55)56-27-13-14-29-58(56)62(59)50-24-11-4-12-25-50/h1-42H. The molecule has 2 heteroatoms. The number of fused-ring (bicyclic) bond motifs is 3. The van der Waals surface area contributed by atoms with Crippen molar-refractivity contribution in [1.29, 1.82) is 0 Å². The lowest BCUT2D eigenvalue weighted by Gasteiger charge is -2.26. The maximum atomic E-state index is 2.39. The molecule has 11 rings (SSSR count). The summed E-state index contributed by atoms with van der Waals surface area (Å²) in [5.74, 6) is 0. The molecule has 0 saturated heterocycles. The van der Waals surface area contributed by atoms with Gasteiger partial charge in [-0.25, -0.2) is 0 Å². The summed E-state index contributed by atoms with van der Waals surface area (Å²) in [5.41, 5.74) is 18.8. The van der Waals surface area contributed by atoms with Crippen molar-refractivity contribution in [3.8, 4) is 61.3 Å². The minimum Gasteiger partial charge on any atom is -0.310 e. The van der Waals surface area contributed by atoms with Crippen LogP contribution < -0.4 is 4.90 Å². The Balaban J connectivity index is 1.03. The molecule has 0 radical (unpaired) electrons. The first kappa shape index (κ1) is 36.8. The van der Waals surface area contributed by atoms with Crippen molar-refractivity contribution in [3.05, 3.63) is 255 Å². The zero-order valence-corrected chi connectivity index (χ0v) is 34.1. The topological polar surface area (TPSA) is 8.17 Å². The number of nitrogens with zero attached hydrogens (tertiary/aromatic N) is 2. The summed E-state index contributed by atoms with van der Waals surface area (Å²) in [6, 6.07) is 92.0. The maximum Gasteiger partial charge on any atom is 0.0547 e. The molecular formula is C60H42N2. The number of anilines is 3. The average molecular weight is 791 g/mol. The molecule has 2 nitrogen and oxygen atoms in total. The second-order valence-corrected chi connectivity index (χ2v) is 15.7. The quantitative estimate of drug-likeness (QED) is 0.141. The van der Waals surface area contributed by atoms with Crippen molar-refractivity contribution in [2.75, 3.05) is 4.90 Å². The Hall–Kier alpha value is -8.20. The zero-order valence-electron chi connectivity index (χ0n) is 34.1. The fourth-order valence-electron chi connectivity index (χ4n) is 9.06. The highest BCUT2D eigenvalue weighted by molar-refractivity contribution is 6.16. The summed E-state index contributed by atoms with van der Waals surface area (Å²) < 4.78 is 2.39. The summed E-state index contributed by atoms with van der Waals surface area (Å²) in [6.45, 7) is 0.